The zero-order valence-corrected chi connectivity index (χ0v) is 9.63. The Hall–Kier alpha value is -0.970. The Morgan fingerprint density at radius 3 is 2.44 bits per heavy atom. The molecule has 0 unspecified atom stereocenters. The zero-order valence-electron chi connectivity index (χ0n) is 9.63. The van der Waals surface area contributed by atoms with Crippen LogP contribution >= 0.6 is 0 Å². The number of halogens is 1. The molecule has 0 spiro atoms. The minimum Gasteiger partial charge on any atom is -0.383 e. The number of hydrogen-bond donors (Lipinski definition) is 2. The molecule has 0 fully saturated rings. The van der Waals surface area contributed by atoms with Crippen LogP contribution in [-0.2, 0) is 11.3 Å². The van der Waals surface area contributed by atoms with Crippen LogP contribution < -0.4 is 10.6 Å². The van der Waals surface area contributed by atoms with E-state index >= 15 is 0 Å². The van der Waals surface area contributed by atoms with E-state index in [0.29, 0.717) is 0 Å². The third-order valence-electron chi connectivity index (χ3n) is 2.20. The Labute approximate surface area is 96.0 Å². The normalized spacial score (nSPS) is 10.6. The highest BCUT2D eigenvalue weighted by Gasteiger charge is 1.93. The smallest absolute Gasteiger partial charge is 0.123 e. The van der Waals surface area contributed by atoms with Gasteiger partial charge in [0.15, 0.2) is 0 Å². The van der Waals surface area contributed by atoms with Gasteiger partial charge in [-0.3, -0.25) is 0 Å². The fourth-order valence-corrected chi connectivity index (χ4v) is 1.31. The molecule has 1 aromatic rings. The molecule has 0 atom stereocenters. The van der Waals surface area contributed by atoms with Gasteiger partial charge in [0.2, 0.25) is 0 Å². The summed E-state index contributed by atoms with van der Waals surface area (Å²) in [6.07, 6.45) is 0. The van der Waals surface area contributed by atoms with Gasteiger partial charge in [0.1, 0.15) is 5.82 Å². The first-order chi connectivity index (χ1) is 7.83. The first kappa shape index (κ1) is 13.1. The Morgan fingerprint density at radius 1 is 1.06 bits per heavy atom. The van der Waals surface area contributed by atoms with E-state index in [1.165, 1.54) is 12.1 Å². The molecule has 0 aliphatic carbocycles. The number of ether oxygens (including phenoxy) is 1. The fourth-order valence-electron chi connectivity index (χ4n) is 1.31. The Morgan fingerprint density at radius 2 is 1.75 bits per heavy atom. The van der Waals surface area contributed by atoms with Crippen molar-refractivity contribution in [2.45, 2.75) is 6.54 Å². The summed E-state index contributed by atoms with van der Waals surface area (Å²) in [6, 6.07) is 6.54. The Kier molecular flexibility index (Phi) is 6.72. The number of benzene rings is 1. The van der Waals surface area contributed by atoms with Crippen molar-refractivity contribution in [3.8, 4) is 0 Å². The lowest BCUT2D eigenvalue weighted by Gasteiger charge is -2.06. The second-order valence-corrected chi connectivity index (χ2v) is 3.55. The lowest BCUT2D eigenvalue weighted by atomic mass is 10.2. The monoisotopic (exact) mass is 226 g/mol. The molecule has 1 aromatic carbocycles. The third kappa shape index (κ3) is 5.80. The second kappa shape index (κ2) is 8.21. The lowest BCUT2D eigenvalue weighted by molar-refractivity contribution is 0.199. The molecule has 0 saturated carbocycles. The van der Waals surface area contributed by atoms with Crippen LogP contribution in [0.4, 0.5) is 4.39 Å². The molecule has 16 heavy (non-hydrogen) atoms. The molecule has 0 heterocycles. The van der Waals surface area contributed by atoms with E-state index in [1.807, 2.05) is 0 Å². The van der Waals surface area contributed by atoms with Gasteiger partial charge in [-0.25, -0.2) is 4.39 Å². The van der Waals surface area contributed by atoms with Crippen molar-refractivity contribution in [1.29, 1.82) is 0 Å². The third-order valence-corrected chi connectivity index (χ3v) is 2.20. The molecule has 0 saturated heterocycles. The first-order valence-corrected chi connectivity index (χ1v) is 5.48. The standard InChI is InChI=1S/C12H19FN2O/c1-16-9-8-14-6-7-15-10-11-2-4-12(13)5-3-11/h2-5,14-15H,6-10H2,1H3. The van der Waals surface area contributed by atoms with Gasteiger partial charge in [-0.05, 0) is 17.7 Å². The Balaban J connectivity index is 2.01. The Bertz CT molecular complexity index is 277. The molecular formula is C12H19FN2O. The summed E-state index contributed by atoms with van der Waals surface area (Å²) in [6.45, 7) is 4.17. The van der Waals surface area contributed by atoms with E-state index in [0.717, 1.165) is 38.3 Å². The summed E-state index contributed by atoms with van der Waals surface area (Å²) in [5.41, 5.74) is 1.10. The lowest BCUT2D eigenvalue weighted by Crippen LogP contribution is -2.29. The molecule has 0 aliphatic heterocycles. The van der Waals surface area contributed by atoms with Gasteiger partial charge in [-0.15, -0.1) is 0 Å². The van der Waals surface area contributed by atoms with Crippen LogP contribution in [0.5, 0.6) is 0 Å². The summed E-state index contributed by atoms with van der Waals surface area (Å²) in [7, 11) is 1.69. The number of nitrogens with one attached hydrogen (secondary N) is 2. The van der Waals surface area contributed by atoms with E-state index in [1.54, 1.807) is 19.2 Å². The SMILES string of the molecule is COCCNCCNCc1ccc(F)cc1. The van der Waals surface area contributed by atoms with Gasteiger partial charge in [0.25, 0.3) is 0 Å². The van der Waals surface area contributed by atoms with Crippen LogP contribution in [0.1, 0.15) is 5.56 Å². The maximum Gasteiger partial charge on any atom is 0.123 e. The maximum atomic E-state index is 12.6. The van der Waals surface area contributed by atoms with Crippen molar-refractivity contribution < 1.29 is 9.13 Å². The van der Waals surface area contributed by atoms with E-state index in [4.69, 9.17) is 4.74 Å². The fraction of sp³-hybridized carbons (Fsp3) is 0.500. The van der Waals surface area contributed by atoms with E-state index in [2.05, 4.69) is 10.6 Å². The molecule has 3 nitrogen and oxygen atoms in total. The van der Waals surface area contributed by atoms with Crippen LogP contribution in [-0.4, -0.2) is 33.4 Å². The molecule has 0 aromatic heterocycles. The summed E-state index contributed by atoms with van der Waals surface area (Å²) in [5, 5.41) is 6.51. The van der Waals surface area contributed by atoms with E-state index in [9.17, 15) is 4.39 Å². The largest absolute Gasteiger partial charge is 0.383 e. The average Bonchev–Trinajstić information content (AvgIpc) is 2.30. The van der Waals surface area contributed by atoms with Crippen LogP contribution in [0.15, 0.2) is 24.3 Å². The molecule has 0 bridgehead atoms. The minimum absolute atomic E-state index is 0.190. The quantitative estimate of drug-likeness (QED) is 0.652. The van der Waals surface area contributed by atoms with Crippen molar-refractivity contribution in [3.05, 3.63) is 35.6 Å². The summed E-state index contributed by atoms with van der Waals surface area (Å²) < 4.78 is 17.5. The predicted octanol–water partition coefficient (Wildman–Crippen LogP) is 1.15. The van der Waals surface area contributed by atoms with Gasteiger partial charge in [-0.2, -0.15) is 0 Å². The minimum atomic E-state index is -0.190. The molecule has 0 amide bonds. The predicted molar refractivity (Wildman–Crippen MR) is 62.9 cm³/mol. The van der Waals surface area contributed by atoms with E-state index in [-0.39, 0.29) is 5.82 Å². The number of hydrogen-bond acceptors (Lipinski definition) is 3. The highest BCUT2D eigenvalue weighted by Crippen LogP contribution is 2.01. The van der Waals surface area contributed by atoms with Crippen LogP contribution in [0.2, 0.25) is 0 Å². The number of rotatable bonds is 8. The van der Waals surface area contributed by atoms with Gasteiger partial charge in [-0.1, -0.05) is 12.1 Å². The second-order valence-electron chi connectivity index (χ2n) is 3.55. The van der Waals surface area contributed by atoms with Gasteiger partial charge >= 0.3 is 0 Å². The summed E-state index contributed by atoms with van der Waals surface area (Å²) in [4.78, 5) is 0. The molecule has 2 N–H and O–H groups in total. The van der Waals surface area contributed by atoms with Crippen molar-refractivity contribution in [2.75, 3.05) is 33.4 Å². The molecule has 4 heteroatoms. The molecule has 1 rings (SSSR count). The van der Waals surface area contributed by atoms with Crippen molar-refractivity contribution >= 4 is 0 Å². The molecule has 0 aliphatic rings. The number of methoxy groups -OCH3 is 1. The van der Waals surface area contributed by atoms with Crippen molar-refractivity contribution in [3.63, 3.8) is 0 Å². The summed E-state index contributed by atoms with van der Waals surface area (Å²) >= 11 is 0. The van der Waals surface area contributed by atoms with Gasteiger partial charge in [0.05, 0.1) is 6.61 Å². The molecule has 0 radical (unpaired) electrons. The summed E-state index contributed by atoms with van der Waals surface area (Å²) in [5.74, 6) is -0.190. The van der Waals surface area contributed by atoms with E-state index < -0.39 is 0 Å². The highest BCUT2D eigenvalue weighted by molar-refractivity contribution is 5.15. The van der Waals surface area contributed by atoms with Crippen LogP contribution in [0.25, 0.3) is 0 Å². The molecular weight excluding hydrogens is 207 g/mol. The first-order valence-electron chi connectivity index (χ1n) is 5.48. The van der Waals surface area contributed by atoms with Crippen molar-refractivity contribution in [2.24, 2.45) is 0 Å². The van der Waals surface area contributed by atoms with Crippen molar-refractivity contribution in [1.82, 2.24) is 10.6 Å². The maximum absolute atomic E-state index is 12.6. The average molecular weight is 226 g/mol. The van der Waals surface area contributed by atoms with Gasteiger partial charge in [0, 0.05) is 33.3 Å². The van der Waals surface area contributed by atoms with Gasteiger partial charge < -0.3 is 15.4 Å². The van der Waals surface area contributed by atoms with Crippen LogP contribution in [0, 0.1) is 5.82 Å². The topological polar surface area (TPSA) is 33.3 Å². The zero-order chi connectivity index (χ0) is 11.6. The highest BCUT2D eigenvalue weighted by atomic mass is 19.1. The molecule has 90 valence electrons. The van der Waals surface area contributed by atoms with Crippen LogP contribution in [0.3, 0.4) is 0 Å².